The second kappa shape index (κ2) is 4.37. The van der Waals surface area contributed by atoms with Crippen LogP contribution in [-0.2, 0) is 0 Å². The number of hydrogen-bond donors (Lipinski definition) is 1. The third-order valence-corrected chi connectivity index (χ3v) is 2.25. The minimum Gasteiger partial charge on any atom is -0.384 e. The van der Waals surface area contributed by atoms with Crippen molar-refractivity contribution in [2.24, 2.45) is 0 Å². The fraction of sp³-hybridized carbons (Fsp3) is 0.250. The van der Waals surface area contributed by atoms with Gasteiger partial charge in [-0.1, -0.05) is 34.8 Å². The van der Waals surface area contributed by atoms with Crippen molar-refractivity contribution in [3.8, 4) is 0 Å². The van der Waals surface area contributed by atoms with Crippen LogP contribution in [0, 0.1) is 17.5 Å². The van der Waals surface area contributed by atoms with E-state index < -0.39 is 27.3 Å². The lowest BCUT2D eigenvalue weighted by molar-refractivity contribution is 0.181. The van der Waals surface area contributed by atoms with Crippen LogP contribution in [0.15, 0.2) is 12.1 Å². The molecule has 0 aliphatic rings. The zero-order chi connectivity index (χ0) is 11.8. The molecule has 7 heteroatoms. The van der Waals surface area contributed by atoms with Crippen LogP contribution < -0.4 is 0 Å². The second-order valence-corrected chi connectivity index (χ2v) is 5.11. The third kappa shape index (κ3) is 2.91. The van der Waals surface area contributed by atoms with Gasteiger partial charge in [-0.2, -0.15) is 0 Å². The van der Waals surface area contributed by atoms with Gasteiger partial charge < -0.3 is 5.11 Å². The monoisotopic (exact) mass is 278 g/mol. The van der Waals surface area contributed by atoms with Gasteiger partial charge in [0, 0.05) is 0 Å². The topological polar surface area (TPSA) is 20.2 Å². The highest BCUT2D eigenvalue weighted by atomic mass is 35.6. The van der Waals surface area contributed by atoms with Gasteiger partial charge in [0.05, 0.1) is 0 Å². The number of alkyl halides is 3. The van der Waals surface area contributed by atoms with Crippen LogP contribution in [0.2, 0.25) is 0 Å². The molecule has 1 aromatic carbocycles. The standard InChI is InChI=1S/C8H4Cl3F3O/c9-8(10,11)7(15)3-1-4(12)6(14)5(13)2-3/h1-2,7,15H. The predicted molar refractivity (Wildman–Crippen MR) is 51.6 cm³/mol. The van der Waals surface area contributed by atoms with Crippen LogP contribution in [0.5, 0.6) is 0 Å². The summed E-state index contributed by atoms with van der Waals surface area (Å²) in [7, 11) is 0. The van der Waals surface area contributed by atoms with Gasteiger partial charge >= 0.3 is 0 Å². The van der Waals surface area contributed by atoms with E-state index in [9.17, 15) is 18.3 Å². The number of benzene rings is 1. The molecule has 0 spiro atoms. The SMILES string of the molecule is OC(c1cc(F)c(F)c(F)c1)C(Cl)(Cl)Cl. The molecule has 0 saturated carbocycles. The van der Waals surface area contributed by atoms with Gasteiger partial charge in [0.2, 0.25) is 3.79 Å². The molecular formula is C8H4Cl3F3O. The van der Waals surface area contributed by atoms with Gasteiger partial charge in [0.1, 0.15) is 6.10 Å². The molecule has 0 bridgehead atoms. The van der Waals surface area contributed by atoms with Crippen molar-refractivity contribution in [1.29, 1.82) is 0 Å². The molecule has 84 valence electrons. The lowest BCUT2D eigenvalue weighted by Crippen LogP contribution is -2.17. The number of halogens is 6. The highest BCUT2D eigenvalue weighted by Gasteiger charge is 2.33. The van der Waals surface area contributed by atoms with Crippen LogP contribution >= 0.6 is 34.8 Å². The first-order valence-electron chi connectivity index (χ1n) is 3.62. The van der Waals surface area contributed by atoms with Gasteiger partial charge in [-0.15, -0.1) is 0 Å². The van der Waals surface area contributed by atoms with Crippen LogP contribution in [0.25, 0.3) is 0 Å². The Morgan fingerprint density at radius 2 is 1.47 bits per heavy atom. The lowest BCUT2D eigenvalue weighted by atomic mass is 10.1. The van der Waals surface area contributed by atoms with Crippen molar-refractivity contribution >= 4 is 34.8 Å². The lowest BCUT2D eigenvalue weighted by Gasteiger charge is -2.19. The van der Waals surface area contributed by atoms with Crippen molar-refractivity contribution in [2.45, 2.75) is 9.90 Å². The number of aliphatic hydroxyl groups excluding tert-OH is 1. The summed E-state index contributed by atoms with van der Waals surface area (Å²) in [6.07, 6.45) is -1.74. The summed E-state index contributed by atoms with van der Waals surface area (Å²) in [5.74, 6) is -4.56. The van der Waals surface area contributed by atoms with E-state index in [1.165, 1.54) is 0 Å². The van der Waals surface area contributed by atoms with Gasteiger partial charge in [-0.25, -0.2) is 13.2 Å². The molecule has 0 aromatic heterocycles. The molecule has 15 heavy (non-hydrogen) atoms. The van der Waals surface area contributed by atoms with Crippen LogP contribution in [0.1, 0.15) is 11.7 Å². The van der Waals surface area contributed by atoms with E-state index in [0.717, 1.165) is 0 Å². The summed E-state index contributed by atoms with van der Waals surface area (Å²) in [6.45, 7) is 0. The zero-order valence-electron chi connectivity index (χ0n) is 6.95. The van der Waals surface area contributed by atoms with Gasteiger partial charge in [-0.3, -0.25) is 0 Å². The van der Waals surface area contributed by atoms with E-state index in [0.29, 0.717) is 12.1 Å². The second-order valence-electron chi connectivity index (χ2n) is 2.74. The Morgan fingerprint density at radius 1 is 1.07 bits per heavy atom. The van der Waals surface area contributed by atoms with Crippen molar-refractivity contribution in [2.75, 3.05) is 0 Å². The summed E-state index contributed by atoms with van der Waals surface area (Å²) < 4.78 is 35.9. The molecule has 1 unspecified atom stereocenters. The first-order chi connectivity index (χ1) is 6.73. The molecule has 0 saturated heterocycles. The number of rotatable bonds is 1. The Kier molecular flexibility index (Phi) is 3.76. The minimum atomic E-state index is -2.14. The summed E-state index contributed by atoms with van der Waals surface area (Å²) in [6, 6.07) is 1.12. The average molecular weight is 279 g/mol. The molecule has 0 fully saturated rings. The van der Waals surface area contributed by atoms with Crippen molar-refractivity contribution in [1.82, 2.24) is 0 Å². The number of aliphatic hydroxyl groups is 1. The molecule has 0 heterocycles. The maximum Gasteiger partial charge on any atom is 0.220 e. The summed E-state index contributed by atoms with van der Waals surface area (Å²) in [5, 5.41) is 9.35. The van der Waals surface area contributed by atoms with Gasteiger partial charge in [-0.05, 0) is 17.7 Å². The van der Waals surface area contributed by atoms with Gasteiger partial charge in [0.15, 0.2) is 17.5 Å². The Labute approximate surface area is 98.4 Å². The zero-order valence-corrected chi connectivity index (χ0v) is 9.21. The normalized spacial score (nSPS) is 14.1. The van der Waals surface area contributed by atoms with Crippen LogP contribution in [0.4, 0.5) is 13.2 Å². The minimum absolute atomic E-state index is 0.355. The van der Waals surface area contributed by atoms with Gasteiger partial charge in [0.25, 0.3) is 0 Å². The molecule has 0 amide bonds. The van der Waals surface area contributed by atoms with E-state index in [1.54, 1.807) is 0 Å². The average Bonchev–Trinajstić information content (AvgIpc) is 2.10. The molecule has 0 aliphatic carbocycles. The first kappa shape index (κ1) is 12.9. The van der Waals surface area contributed by atoms with E-state index in [4.69, 9.17) is 34.8 Å². The molecule has 0 aliphatic heterocycles. The summed E-state index contributed by atoms with van der Waals surface area (Å²) >= 11 is 15.9. The fourth-order valence-electron chi connectivity index (χ4n) is 0.922. The highest BCUT2D eigenvalue weighted by molar-refractivity contribution is 6.68. The molecule has 1 atom stereocenters. The molecule has 1 N–H and O–H groups in total. The quantitative estimate of drug-likeness (QED) is 0.616. The van der Waals surface area contributed by atoms with Crippen molar-refractivity contribution in [3.05, 3.63) is 35.1 Å². The molecule has 1 aromatic rings. The Balaban J connectivity index is 3.17. The van der Waals surface area contributed by atoms with Crippen LogP contribution in [0.3, 0.4) is 0 Å². The van der Waals surface area contributed by atoms with E-state index >= 15 is 0 Å². The predicted octanol–water partition coefficient (Wildman–Crippen LogP) is 3.51. The van der Waals surface area contributed by atoms with E-state index in [1.807, 2.05) is 0 Å². The maximum absolute atomic E-state index is 12.7. The van der Waals surface area contributed by atoms with E-state index in [2.05, 4.69) is 0 Å². The van der Waals surface area contributed by atoms with Crippen molar-refractivity contribution in [3.63, 3.8) is 0 Å². The Morgan fingerprint density at radius 3 is 1.80 bits per heavy atom. The third-order valence-electron chi connectivity index (χ3n) is 1.63. The summed E-state index contributed by atoms with van der Waals surface area (Å²) in [5.41, 5.74) is -0.355. The largest absolute Gasteiger partial charge is 0.384 e. The Bertz CT molecular complexity index is 355. The smallest absolute Gasteiger partial charge is 0.220 e. The highest BCUT2D eigenvalue weighted by Crippen LogP contribution is 2.40. The molecule has 1 nitrogen and oxygen atoms in total. The van der Waals surface area contributed by atoms with Crippen molar-refractivity contribution < 1.29 is 18.3 Å². The molecular weight excluding hydrogens is 275 g/mol. The fourth-order valence-corrected chi connectivity index (χ4v) is 1.30. The number of hydrogen-bond acceptors (Lipinski definition) is 1. The molecule has 0 radical (unpaired) electrons. The maximum atomic E-state index is 12.7. The summed E-state index contributed by atoms with van der Waals surface area (Å²) in [4.78, 5) is 0. The van der Waals surface area contributed by atoms with Crippen LogP contribution in [-0.4, -0.2) is 8.90 Å². The Hall–Kier alpha value is -0.160. The van der Waals surface area contributed by atoms with E-state index in [-0.39, 0.29) is 5.56 Å². The molecule has 1 rings (SSSR count). The first-order valence-corrected chi connectivity index (χ1v) is 4.76.